The number of benzene rings is 2. The molecular weight excluding hydrogens is 368 g/mol. The summed E-state index contributed by atoms with van der Waals surface area (Å²) >= 11 is 0. The first-order valence-corrected chi connectivity index (χ1v) is 9.39. The summed E-state index contributed by atoms with van der Waals surface area (Å²) in [6, 6.07) is 12.2. The van der Waals surface area contributed by atoms with Crippen molar-refractivity contribution >= 4 is 26.8 Å². The maximum absolute atomic E-state index is 12.5. The van der Waals surface area contributed by atoms with E-state index in [-0.39, 0.29) is 17.0 Å². The Morgan fingerprint density at radius 1 is 1.19 bits per heavy atom. The van der Waals surface area contributed by atoms with Crippen LogP contribution in [0.3, 0.4) is 0 Å². The highest BCUT2D eigenvalue weighted by Gasteiger charge is 2.16. The molecule has 0 spiro atoms. The van der Waals surface area contributed by atoms with Crippen LogP contribution in [-0.2, 0) is 10.0 Å². The summed E-state index contributed by atoms with van der Waals surface area (Å²) in [7, 11) is -3.77. The number of aromatic nitrogens is 2. The average molecular weight is 384 g/mol. The summed E-state index contributed by atoms with van der Waals surface area (Å²) in [5.74, 6) is -0.644. The lowest BCUT2D eigenvalue weighted by Crippen LogP contribution is -2.33. The minimum atomic E-state index is -3.77. The molecule has 3 rings (SSSR count). The van der Waals surface area contributed by atoms with Gasteiger partial charge in [-0.2, -0.15) is 0 Å². The lowest BCUT2D eigenvalue weighted by atomic mass is 10.2. The first kappa shape index (κ1) is 18.5. The van der Waals surface area contributed by atoms with Gasteiger partial charge in [0.05, 0.1) is 15.8 Å². The van der Waals surface area contributed by atoms with E-state index in [0.717, 1.165) is 4.68 Å². The van der Waals surface area contributed by atoms with Gasteiger partial charge in [-0.15, -0.1) is 6.58 Å². The van der Waals surface area contributed by atoms with Crippen LogP contribution in [0.1, 0.15) is 10.4 Å². The van der Waals surface area contributed by atoms with E-state index in [1.807, 2.05) is 0 Å². The highest BCUT2D eigenvalue weighted by Crippen LogP contribution is 2.12. The molecule has 9 heteroatoms. The Morgan fingerprint density at radius 3 is 2.74 bits per heavy atom. The van der Waals surface area contributed by atoms with Gasteiger partial charge in [-0.05, 0) is 30.3 Å². The SMILES string of the molecule is C=CCNS(=O)(=O)c1cccc(C(=O)Nn2cnc3ccccc3c2=O)c1. The molecule has 0 aliphatic heterocycles. The second-order valence-corrected chi connectivity index (χ2v) is 7.31. The van der Waals surface area contributed by atoms with Gasteiger partial charge in [-0.3, -0.25) is 15.0 Å². The van der Waals surface area contributed by atoms with Crippen molar-refractivity contribution in [2.24, 2.45) is 0 Å². The van der Waals surface area contributed by atoms with Gasteiger partial charge < -0.3 is 0 Å². The van der Waals surface area contributed by atoms with Crippen LogP contribution >= 0.6 is 0 Å². The Hall–Kier alpha value is -3.30. The van der Waals surface area contributed by atoms with Gasteiger partial charge in [0.25, 0.3) is 11.5 Å². The van der Waals surface area contributed by atoms with E-state index in [9.17, 15) is 18.0 Å². The van der Waals surface area contributed by atoms with Crippen LogP contribution in [0.2, 0.25) is 0 Å². The Labute approximate surface area is 155 Å². The van der Waals surface area contributed by atoms with E-state index in [0.29, 0.717) is 10.9 Å². The fourth-order valence-electron chi connectivity index (χ4n) is 2.38. The zero-order valence-electron chi connectivity index (χ0n) is 14.1. The van der Waals surface area contributed by atoms with Gasteiger partial charge in [0, 0.05) is 12.1 Å². The maximum Gasteiger partial charge on any atom is 0.280 e. The Kier molecular flexibility index (Phi) is 5.15. The molecule has 0 saturated carbocycles. The Balaban J connectivity index is 1.89. The number of carbonyl (C=O) groups is 1. The topological polar surface area (TPSA) is 110 Å². The standard InChI is InChI=1S/C18H16N4O4S/c1-2-10-20-27(25,26)14-7-5-6-13(11-14)17(23)21-22-12-19-16-9-4-3-8-15(16)18(22)24/h2-9,11-12,20H,1,10H2,(H,21,23). The number of rotatable bonds is 6. The van der Waals surface area contributed by atoms with Crippen molar-refractivity contribution in [2.45, 2.75) is 4.90 Å². The number of hydrogen-bond acceptors (Lipinski definition) is 5. The third-order valence-electron chi connectivity index (χ3n) is 3.71. The molecule has 3 aromatic rings. The van der Waals surface area contributed by atoms with Crippen molar-refractivity contribution in [2.75, 3.05) is 12.0 Å². The normalized spacial score (nSPS) is 11.3. The van der Waals surface area contributed by atoms with Crippen LogP contribution in [0.25, 0.3) is 10.9 Å². The van der Waals surface area contributed by atoms with Crippen molar-refractivity contribution in [3.05, 3.63) is 83.4 Å². The van der Waals surface area contributed by atoms with Gasteiger partial charge >= 0.3 is 0 Å². The smallest absolute Gasteiger partial charge is 0.267 e. The molecule has 138 valence electrons. The maximum atomic E-state index is 12.5. The molecule has 1 aromatic heterocycles. The predicted octanol–water partition coefficient (Wildman–Crippen LogP) is 1.24. The molecule has 2 aromatic carbocycles. The zero-order valence-corrected chi connectivity index (χ0v) is 14.9. The third kappa shape index (κ3) is 3.94. The molecule has 0 saturated heterocycles. The molecule has 0 atom stereocenters. The van der Waals surface area contributed by atoms with E-state index in [1.165, 1.54) is 36.7 Å². The Bertz CT molecular complexity index is 1190. The van der Waals surface area contributed by atoms with Gasteiger partial charge in [0.2, 0.25) is 10.0 Å². The van der Waals surface area contributed by atoms with Crippen LogP contribution in [0, 0.1) is 0 Å². The van der Waals surface area contributed by atoms with Crippen molar-refractivity contribution in [3.63, 3.8) is 0 Å². The number of nitrogens with one attached hydrogen (secondary N) is 2. The molecule has 1 heterocycles. The molecule has 27 heavy (non-hydrogen) atoms. The number of amides is 1. The molecule has 0 aliphatic carbocycles. The van der Waals surface area contributed by atoms with Crippen LogP contribution in [0.15, 0.2) is 77.2 Å². The number of hydrogen-bond donors (Lipinski definition) is 2. The van der Waals surface area contributed by atoms with E-state index in [2.05, 4.69) is 21.7 Å². The van der Waals surface area contributed by atoms with Crippen molar-refractivity contribution in [3.8, 4) is 0 Å². The summed E-state index contributed by atoms with van der Waals surface area (Å²) in [5, 5.41) is 0.352. The van der Waals surface area contributed by atoms with Crippen LogP contribution in [-0.4, -0.2) is 30.5 Å². The third-order valence-corrected chi connectivity index (χ3v) is 5.13. The lowest BCUT2D eigenvalue weighted by Gasteiger charge is -2.10. The van der Waals surface area contributed by atoms with E-state index >= 15 is 0 Å². The van der Waals surface area contributed by atoms with E-state index in [4.69, 9.17) is 0 Å². The monoisotopic (exact) mass is 384 g/mol. The summed E-state index contributed by atoms with van der Waals surface area (Å²) in [4.78, 5) is 28.9. The zero-order chi connectivity index (χ0) is 19.4. The van der Waals surface area contributed by atoms with Gasteiger partial charge in [-0.25, -0.2) is 22.8 Å². The predicted molar refractivity (Wildman–Crippen MR) is 102 cm³/mol. The summed E-state index contributed by atoms with van der Waals surface area (Å²) < 4.78 is 27.6. The fraction of sp³-hybridized carbons (Fsp3) is 0.0556. The van der Waals surface area contributed by atoms with Crippen LogP contribution < -0.4 is 15.7 Å². The van der Waals surface area contributed by atoms with Gasteiger partial charge in [0.1, 0.15) is 6.33 Å². The largest absolute Gasteiger partial charge is 0.280 e. The molecule has 0 bridgehead atoms. The van der Waals surface area contributed by atoms with Crippen molar-refractivity contribution < 1.29 is 13.2 Å². The Morgan fingerprint density at radius 2 is 1.96 bits per heavy atom. The number of fused-ring (bicyclic) bond motifs is 1. The minimum Gasteiger partial charge on any atom is -0.267 e. The summed E-state index contributed by atoms with van der Waals surface area (Å²) in [6.07, 6.45) is 2.61. The van der Waals surface area contributed by atoms with Crippen molar-refractivity contribution in [1.29, 1.82) is 0 Å². The second-order valence-electron chi connectivity index (χ2n) is 5.55. The number of para-hydroxylation sites is 1. The van der Waals surface area contributed by atoms with Crippen molar-refractivity contribution in [1.82, 2.24) is 14.4 Å². The summed E-state index contributed by atoms with van der Waals surface area (Å²) in [5.41, 5.74) is 2.56. The average Bonchev–Trinajstić information content (AvgIpc) is 2.69. The minimum absolute atomic E-state index is 0.0664. The van der Waals surface area contributed by atoms with Gasteiger partial charge in [0.15, 0.2) is 0 Å². The highest BCUT2D eigenvalue weighted by atomic mass is 32.2. The molecule has 8 nitrogen and oxygen atoms in total. The molecule has 0 radical (unpaired) electrons. The van der Waals surface area contributed by atoms with E-state index < -0.39 is 21.5 Å². The second kappa shape index (κ2) is 7.52. The van der Waals surface area contributed by atoms with Crippen LogP contribution in [0.5, 0.6) is 0 Å². The number of sulfonamides is 1. The quantitative estimate of drug-likeness (QED) is 0.622. The first-order valence-electron chi connectivity index (χ1n) is 7.91. The summed E-state index contributed by atoms with van der Waals surface area (Å²) in [6.45, 7) is 3.52. The first-order chi connectivity index (χ1) is 12.9. The molecule has 0 aliphatic rings. The molecule has 2 N–H and O–H groups in total. The lowest BCUT2D eigenvalue weighted by molar-refractivity contribution is 0.101. The van der Waals surface area contributed by atoms with Gasteiger partial charge in [-0.1, -0.05) is 24.3 Å². The fourth-order valence-corrected chi connectivity index (χ4v) is 3.42. The molecule has 0 unspecified atom stereocenters. The highest BCUT2D eigenvalue weighted by molar-refractivity contribution is 7.89. The molecule has 1 amide bonds. The van der Waals surface area contributed by atoms with E-state index in [1.54, 1.807) is 24.3 Å². The number of nitrogens with zero attached hydrogens (tertiary/aromatic N) is 2. The number of carbonyl (C=O) groups excluding carboxylic acids is 1. The molecular formula is C18H16N4O4S. The van der Waals surface area contributed by atoms with Crippen LogP contribution in [0.4, 0.5) is 0 Å². The molecule has 0 fully saturated rings.